The molecule has 8 nitrogen and oxygen atoms in total. The third-order valence-corrected chi connectivity index (χ3v) is 7.65. The average molecular weight is 591 g/mol. The number of carbonyl (C=O) groups is 2. The molecule has 0 amide bonds. The van der Waals surface area contributed by atoms with E-state index in [1.54, 1.807) is 24.3 Å². The predicted octanol–water partition coefficient (Wildman–Crippen LogP) is 5.98. The van der Waals surface area contributed by atoms with Crippen molar-refractivity contribution in [2.45, 2.75) is 71.1 Å². The predicted molar refractivity (Wildman–Crippen MR) is 161 cm³/mol. The van der Waals surface area contributed by atoms with E-state index < -0.39 is 42.6 Å². The molecule has 0 bridgehead atoms. The summed E-state index contributed by atoms with van der Waals surface area (Å²) in [4.78, 5) is 26.5. The number of carbonyl (C=O) groups excluding carboxylic acids is 2. The van der Waals surface area contributed by atoms with Crippen molar-refractivity contribution in [3.63, 3.8) is 0 Å². The first-order valence-corrected chi connectivity index (χ1v) is 14.8. The van der Waals surface area contributed by atoms with Crippen molar-refractivity contribution in [1.29, 1.82) is 0 Å². The van der Waals surface area contributed by atoms with E-state index in [2.05, 4.69) is 13.8 Å². The van der Waals surface area contributed by atoms with Crippen LogP contribution >= 0.6 is 0 Å². The molecule has 43 heavy (non-hydrogen) atoms. The van der Waals surface area contributed by atoms with Gasteiger partial charge in [0.1, 0.15) is 12.2 Å². The number of esters is 2. The van der Waals surface area contributed by atoms with Crippen LogP contribution in [0, 0.1) is 11.8 Å². The zero-order valence-corrected chi connectivity index (χ0v) is 25.3. The highest BCUT2D eigenvalue weighted by atomic mass is 16.7. The molecule has 3 aromatic carbocycles. The van der Waals surface area contributed by atoms with Crippen LogP contribution in [-0.4, -0.2) is 56.4 Å². The van der Waals surface area contributed by atoms with Gasteiger partial charge in [-0.05, 0) is 35.1 Å². The second kappa shape index (κ2) is 16.3. The van der Waals surface area contributed by atoms with E-state index in [9.17, 15) is 9.59 Å². The Labute approximate surface area is 254 Å². The summed E-state index contributed by atoms with van der Waals surface area (Å²) in [6, 6.07) is 28.1. The summed E-state index contributed by atoms with van der Waals surface area (Å²) < 4.78 is 36.6. The maximum atomic E-state index is 13.3. The summed E-state index contributed by atoms with van der Waals surface area (Å²) in [5.74, 6) is -0.635. The first-order chi connectivity index (χ1) is 20.9. The molecular formula is C35H42O8. The molecule has 3 aromatic rings. The lowest BCUT2D eigenvalue weighted by Crippen LogP contribution is -2.62. The van der Waals surface area contributed by atoms with Crippen molar-refractivity contribution in [1.82, 2.24) is 0 Å². The maximum absolute atomic E-state index is 13.3. The van der Waals surface area contributed by atoms with Crippen LogP contribution < -0.4 is 0 Å². The third kappa shape index (κ3) is 9.46. The fraction of sp³-hybridized carbons (Fsp3) is 0.429. The van der Waals surface area contributed by atoms with Crippen LogP contribution in [-0.2, 0) is 46.4 Å². The lowest BCUT2D eigenvalue weighted by Gasteiger charge is -2.44. The average Bonchev–Trinajstić information content (AvgIpc) is 3.02. The van der Waals surface area contributed by atoms with Crippen LogP contribution in [0.5, 0.6) is 0 Å². The van der Waals surface area contributed by atoms with E-state index in [1.807, 2.05) is 73.7 Å². The first kappa shape index (κ1) is 32.4. The largest absolute Gasteiger partial charge is 0.455 e. The van der Waals surface area contributed by atoms with Crippen molar-refractivity contribution >= 4 is 11.9 Å². The quantitative estimate of drug-likeness (QED) is 0.212. The topological polar surface area (TPSA) is 89.5 Å². The third-order valence-electron chi connectivity index (χ3n) is 7.65. The minimum atomic E-state index is -1.10. The van der Waals surface area contributed by atoms with E-state index >= 15 is 0 Å². The highest BCUT2D eigenvalue weighted by Gasteiger charge is 2.51. The van der Waals surface area contributed by atoms with Crippen LogP contribution in [0.2, 0.25) is 0 Å². The van der Waals surface area contributed by atoms with Gasteiger partial charge in [-0.2, -0.15) is 0 Å². The van der Waals surface area contributed by atoms with Crippen LogP contribution in [0.25, 0.3) is 0 Å². The molecule has 230 valence electrons. The van der Waals surface area contributed by atoms with Crippen molar-refractivity contribution in [3.05, 3.63) is 108 Å². The molecule has 4 rings (SSSR count). The first-order valence-electron chi connectivity index (χ1n) is 14.8. The molecular weight excluding hydrogens is 548 g/mol. The number of hydrogen-bond donors (Lipinski definition) is 0. The Bertz CT molecular complexity index is 1250. The summed E-state index contributed by atoms with van der Waals surface area (Å²) in [5.41, 5.74) is 2.28. The fourth-order valence-electron chi connectivity index (χ4n) is 4.76. The lowest BCUT2D eigenvalue weighted by molar-refractivity contribution is -0.306. The van der Waals surface area contributed by atoms with Crippen molar-refractivity contribution < 1.29 is 38.0 Å². The number of rotatable bonds is 14. The minimum Gasteiger partial charge on any atom is -0.455 e. The molecule has 0 N–H and O–H groups in total. The number of ether oxygens (including phenoxy) is 6. The number of benzene rings is 3. The fourth-order valence-corrected chi connectivity index (χ4v) is 4.76. The molecule has 1 heterocycles. The van der Waals surface area contributed by atoms with E-state index in [-0.39, 0.29) is 31.5 Å². The minimum absolute atomic E-state index is 0.0876. The highest BCUT2D eigenvalue weighted by molar-refractivity contribution is 5.89. The van der Waals surface area contributed by atoms with Gasteiger partial charge in [-0.1, -0.05) is 99.6 Å². The van der Waals surface area contributed by atoms with Gasteiger partial charge in [-0.15, -0.1) is 0 Å². The molecule has 0 saturated carbocycles. The molecule has 0 spiro atoms. The molecule has 0 unspecified atom stereocenters. The summed E-state index contributed by atoms with van der Waals surface area (Å²) in [5, 5.41) is 0. The van der Waals surface area contributed by atoms with Crippen molar-refractivity contribution in [2.75, 3.05) is 13.7 Å². The van der Waals surface area contributed by atoms with Gasteiger partial charge in [-0.25, -0.2) is 4.79 Å². The molecule has 1 aliphatic heterocycles. The smallest absolute Gasteiger partial charge is 0.338 e. The van der Waals surface area contributed by atoms with Crippen LogP contribution in [0.1, 0.15) is 48.7 Å². The van der Waals surface area contributed by atoms with Crippen molar-refractivity contribution in [2.24, 2.45) is 11.8 Å². The zero-order valence-electron chi connectivity index (χ0n) is 25.3. The Morgan fingerprint density at radius 3 is 1.91 bits per heavy atom. The Morgan fingerprint density at radius 2 is 1.33 bits per heavy atom. The second-order valence-electron chi connectivity index (χ2n) is 11.2. The van der Waals surface area contributed by atoms with Crippen LogP contribution in [0.15, 0.2) is 91.0 Å². The van der Waals surface area contributed by atoms with Gasteiger partial charge in [0.05, 0.1) is 25.4 Å². The van der Waals surface area contributed by atoms with Crippen LogP contribution in [0.4, 0.5) is 0 Å². The Balaban J connectivity index is 1.62. The summed E-state index contributed by atoms with van der Waals surface area (Å²) in [7, 11) is 1.46. The lowest BCUT2D eigenvalue weighted by atomic mass is 9.94. The van der Waals surface area contributed by atoms with Gasteiger partial charge >= 0.3 is 11.9 Å². The Kier molecular flexibility index (Phi) is 12.3. The molecule has 1 aliphatic rings. The summed E-state index contributed by atoms with van der Waals surface area (Å²) in [6.07, 6.45) is -4.46. The maximum Gasteiger partial charge on any atom is 0.338 e. The monoisotopic (exact) mass is 590 g/mol. The van der Waals surface area contributed by atoms with E-state index in [1.165, 1.54) is 7.11 Å². The van der Waals surface area contributed by atoms with E-state index in [4.69, 9.17) is 28.4 Å². The van der Waals surface area contributed by atoms with Gasteiger partial charge in [0.2, 0.25) is 0 Å². The molecule has 0 radical (unpaired) electrons. The number of hydrogen-bond acceptors (Lipinski definition) is 8. The SMILES string of the molecule is CO[C@H]1O[C@H](COCc2ccccc2)[C@@H](OCc2ccccc2)[C@H](OC(=O)C[C@H](C)C(C)C)[C@@H]1OC(=O)c1ccccc1. The van der Waals surface area contributed by atoms with Gasteiger partial charge in [0.15, 0.2) is 18.5 Å². The molecule has 0 aliphatic carbocycles. The van der Waals surface area contributed by atoms with E-state index in [0.717, 1.165) is 11.1 Å². The summed E-state index contributed by atoms with van der Waals surface area (Å²) >= 11 is 0. The molecule has 6 atom stereocenters. The molecule has 1 saturated heterocycles. The van der Waals surface area contributed by atoms with Crippen molar-refractivity contribution in [3.8, 4) is 0 Å². The normalized spacial score (nSPS) is 22.6. The zero-order chi connectivity index (χ0) is 30.6. The van der Waals surface area contributed by atoms with Gasteiger partial charge in [-0.3, -0.25) is 4.79 Å². The number of methoxy groups -OCH3 is 1. The summed E-state index contributed by atoms with van der Waals surface area (Å²) in [6.45, 7) is 6.83. The Hall–Kier alpha value is -3.56. The van der Waals surface area contributed by atoms with Crippen LogP contribution in [0.3, 0.4) is 0 Å². The second-order valence-corrected chi connectivity index (χ2v) is 11.2. The van der Waals surface area contributed by atoms with E-state index in [0.29, 0.717) is 12.2 Å². The molecule has 0 aromatic heterocycles. The standard InChI is InChI=1S/C35H42O8/c1-24(2)25(3)20-30(36)42-32-31(40-22-27-16-10-6-11-17-27)29(23-39-21-26-14-8-5-9-15-26)41-35(38-4)33(32)43-34(37)28-18-12-7-13-19-28/h5-19,24-25,29,31-33,35H,20-23H2,1-4H3/t25-,29+,31+,32-,33-,35-/m0/s1. The molecule has 8 heteroatoms. The van der Waals surface area contributed by atoms with Gasteiger partial charge in [0, 0.05) is 13.5 Å². The van der Waals surface area contributed by atoms with Gasteiger partial charge < -0.3 is 28.4 Å². The van der Waals surface area contributed by atoms with Gasteiger partial charge in [0.25, 0.3) is 0 Å². The highest BCUT2D eigenvalue weighted by Crippen LogP contribution is 2.31. The molecule has 1 fully saturated rings. The Morgan fingerprint density at radius 1 is 0.744 bits per heavy atom.